The highest BCUT2D eigenvalue weighted by atomic mass is 32.2. The Hall–Kier alpha value is -2.28. The number of carbonyl (C=O) groups excluding carboxylic acids is 2. The van der Waals surface area contributed by atoms with Crippen LogP contribution < -0.4 is 16.8 Å². The van der Waals surface area contributed by atoms with E-state index in [2.05, 4.69) is 10.3 Å². The van der Waals surface area contributed by atoms with E-state index in [4.69, 9.17) is 11.5 Å². The van der Waals surface area contributed by atoms with Gasteiger partial charge in [0.15, 0.2) is 5.17 Å². The maximum absolute atomic E-state index is 11.7. The van der Waals surface area contributed by atoms with Crippen LogP contribution in [0.2, 0.25) is 0 Å². The first-order valence-corrected chi connectivity index (χ1v) is 7.29. The van der Waals surface area contributed by atoms with Crippen LogP contribution in [0.25, 0.3) is 0 Å². The first-order chi connectivity index (χ1) is 9.99. The summed E-state index contributed by atoms with van der Waals surface area (Å²) in [6.07, 6.45) is 0. The maximum atomic E-state index is 11.7. The lowest BCUT2D eigenvalue weighted by Gasteiger charge is -2.25. The minimum atomic E-state index is -0.517. The first-order valence-electron chi connectivity index (χ1n) is 6.30. The van der Waals surface area contributed by atoms with E-state index < -0.39 is 17.9 Å². The average Bonchev–Trinajstić information content (AvgIpc) is 2.45. The summed E-state index contributed by atoms with van der Waals surface area (Å²) < 4.78 is 0. The summed E-state index contributed by atoms with van der Waals surface area (Å²) in [5.74, 6) is -0.827. The zero-order valence-corrected chi connectivity index (χ0v) is 12.3. The van der Waals surface area contributed by atoms with Gasteiger partial charge in [-0.15, -0.1) is 0 Å². The monoisotopic (exact) mass is 304 g/mol. The Bertz CT molecular complexity index is 625. The third-order valence-corrected chi connectivity index (χ3v) is 3.86. The van der Waals surface area contributed by atoms with Gasteiger partial charge in [-0.2, -0.15) is 0 Å². The van der Waals surface area contributed by atoms with Crippen LogP contribution in [0.4, 0.5) is 0 Å². The molecule has 6 nitrogen and oxygen atoms in total. The molecular weight excluding hydrogens is 288 g/mol. The molecular formula is C14H16N4O2S. The number of carbonyl (C=O) groups is 2. The summed E-state index contributed by atoms with van der Waals surface area (Å²) in [6.45, 7) is 1.76. The fourth-order valence-electron chi connectivity index (χ4n) is 2.06. The fraction of sp³-hybridized carbons (Fsp3) is 0.214. The third-order valence-electron chi connectivity index (χ3n) is 2.95. The normalized spacial score (nSPS) is 18.0. The van der Waals surface area contributed by atoms with Crippen molar-refractivity contribution in [3.8, 4) is 0 Å². The number of rotatable bonds is 4. The minimum Gasteiger partial charge on any atom is -0.369 e. The molecule has 0 fully saturated rings. The SMILES string of the molecule is CC1=C(C(N)=O)[C@H](c2ccccc2)N=C(SCC(N)=O)N1. The van der Waals surface area contributed by atoms with Crippen LogP contribution >= 0.6 is 11.8 Å². The predicted molar refractivity (Wildman–Crippen MR) is 83.3 cm³/mol. The smallest absolute Gasteiger partial charge is 0.248 e. The molecule has 1 atom stereocenters. The molecule has 0 unspecified atom stereocenters. The molecule has 21 heavy (non-hydrogen) atoms. The van der Waals surface area contributed by atoms with Gasteiger partial charge in [0.1, 0.15) is 6.04 Å². The van der Waals surface area contributed by atoms with Crippen molar-refractivity contribution in [3.05, 3.63) is 47.2 Å². The number of hydrogen-bond donors (Lipinski definition) is 3. The highest BCUT2D eigenvalue weighted by Crippen LogP contribution is 2.31. The van der Waals surface area contributed by atoms with Gasteiger partial charge in [0.2, 0.25) is 11.8 Å². The second-order valence-corrected chi connectivity index (χ2v) is 5.49. The molecule has 0 radical (unpaired) electrons. The molecule has 2 amide bonds. The van der Waals surface area contributed by atoms with Gasteiger partial charge >= 0.3 is 0 Å². The lowest BCUT2D eigenvalue weighted by molar-refractivity contribution is -0.116. The summed E-state index contributed by atoms with van der Waals surface area (Å²) >= 11 is 1.20. The number of amides is 2. The van der Waals surface area contributed by atoms with Crippen LogP contribution in [0.15, 0.2) is 46.6 Å². The Morgan fingerprint density at radius 3 is 2.52 bits per heavy atom. The van der Waals surface area contributed by atoms with Crippen molar-refractivity contribution in [2.75, 3.05) is 5.75 Å². The van der Waals surface area contributed by atoms with Crippen LogP contribution in [0.1, 0.15) is 18.5 Å². The van der Waals surface area contributed by atoms with E-state index in [0.29, 0.717) is 16.4 Å². The van der Waals surface area contributed by atoms with Crippen molar-refractivity contribution in [1.82, 2.24) is 5.32 Å². The zero-order valence-electron chi connectivity index (χ0n) is 11.5. The molecule has 7 heteroatoms. The van der Waals surface area contributed by atoms with Gasteiger partial charge in [-0.05, 0) is 12.5 Å². The third kappa shape index (κ3) is 3.63. The van der Waals surface area contributed by atoms with Crippen molar-refractivity contribution >= 4 is 28.7 Å². The van der Waals surface area contributed by atoms with Crippen molar-refractivity contribution in [1.29, 1.82) is 0 Å². The standard InChI is InChI=1S/C14H16N4O2S/c1-8-11(13(16)20)12(9-5-3-2-4-6-9)18-14(17-8)21-7-10(15)19/h2-6,12H,7H2,1H3,(H2,15,19)(H2,16,20)(H,17,18)/t12-/m0/s1. The van der Waals surface area contributed by atoms with Crippen LogP contribution in [-0.2, 0) is 9.59 Å². The summed E-state index contributed by atoms with van der Waals surface area (Å²) in [6, 6.07) is 8.92. The van der Waals surface area contributed by atoms with Gasteiger partial charge in [0.05, 0.1) is 11.3 Å². The molecule has 0 aromatic heterocycles. The lowest BCUT2D eigenvalue weighted by Crippen LogP contribution is -2.33. The molecule has 0 saturated heterocycles. The Morgan fingerprint density at radius 2 is 1.95 bits per heavy atom. The molecule has 1 aliphatic rings. The quantitative estimate of drug-likeness (QED) is 0.759. The van der Waals surface area contributed by atoms with Crippen LogP contribution in [0.3, 0.4) is 0 Å². The molecule has 110 valence electrons. The molecule has 0 spiro atoms. The van der Waals surface area contributed by atoms with Crippen LogP contribution in [0.5, 0.6) is 0 Å². The molecule has 1 aliphatic heterocycles. The largest absolute Gasteiger partial charge is 0.369 e. The number of benzene rings is 1. The van der Waals surface area contributed by atoms with E-state index in [1.807, 2.05) is 30.3 Å². The lowest BCUT2D eigenvalue weighted by atomic mass is 9.96. The average molecular weight is 304 g/mol. The molecule has 1 aromatic carbocycles. The summed E-state index contributed by atoms with van der Waals surface area (Å²) in [5.41, 5.74) is 12.5. The Balaban J connectivity index is 2.35. The number of hydrogen-bond acceptors (Lipinski definition) is 5. The van der Waals surface area contributed by atoms with Crippen LogP contribution in [-0.4, -0.2) is 22.7 Å². The van der Waals surface area contributed by atoms with Gasteiger partial charge in [-0.25, -0.2) is 4.99 Å². The van der Waals surface area contributed by atoms with Gasteiger partial charge in [-0.3, -0.25) is 9.59 Å². The highest BCUT2D eigenvalue weighted by Gasteiger charge is 2.27. The van der Waals surface area contributed by atoms with Crippen molar-refractivity contribution < 1.29 is 9.59 Å². The molecule has 5 N–H and O–H groups in total. The van der Waals surface area contributed by atoms with Gasteiger partial charge in [0.25, 0.3) is 0 Å². The Morgan fingerprint density at radius 1 is 1.29 bits per heavy atom. The fourth-order valence-corrected chi connectivity index (χ4v) is 2.74. The second-order valence-electron chi connectivity index (χ2n) is 4.53. The van der Waals surface area contributed by atoms with E-state index in [1.54, 1.807) is 6.92 Å². The number of aliphatic imine (C=N–C) groups is 1. The molecule has 0 bridgehead atoms. The minimum absolute atomic E-state index is 0.118. The molecule has 0 aliphatic carbocycles. The summed E-state index contributed by atoms with van der Waals surface area (Å²) in [7, 11) is 0. The van der Waals surface area contributed by atoms with Crippen molar-refractivity contribution in [3.63, 3.8) is 0 Å². The molecule has 0 saturated carbocycles. The molecule has 1 heterocycles. The van der Waals surface area contributed by atoms with Gasteiger partial charge < -0.3 is 16.8 Å². The number of nitrogens with two attached hydrogens (primary N) is 2. The molecule has 1 aromatic rings. The number of allylic oxidation sites excluding steroid dienone is 1. The summed E-state index contributed by atoms with van der Waals surface area (Å²) in [4.78, 5) is 27.1. The Kier molecular flexibility index (Phi) is 4.64. The number of thioether (sulfide) groups is 1. The van der Waals surface area contributed by atoms with Crippen molar-refractivity contribution in [2.45, 2.75) is 13.0 Å². The van der Waals surface area contributed by atoms with E-state index >= 15 is 0 Å². The van der Waals surface area contributed by atoms with Crippen molar-refractivity contribution in [2.24, 2.45) is 16.5 Å². The van der Waals surface area contributed by atoms with Gasteiger partial charge in [-0.1, -0.05) is 42.1 Å². The van der Waals surface area contributed by atoms with E-state index in [1.165, 1.54) is 11.8 Å². The Labute approximate surface area is 126 Å². The highest BCUT2D eigenvalue weighted by molar-refractivity contribution is 8.14. The zero-order chi connectivity index (χ0) is 15.4. The number of primary amides is 2. The van der Waals surface area contributed by atoms with Gasteiger partial charge in [0, 0.05) is 5.70 Å². The number of amidine groups is 1. The second kappa shape index (κ2) is 6.45. The van der Waals surface area contributed by atoms with E-state index in [0.717, 1.165) is 5.56 Å². The number of nitrogens with zero attached hydrogens (tertiary/aromatic N) is 1. The van der Waals surface area contributed by atoms with E-state index in [9.17, 15) is 9.59 Å². The first kappa shape index (κ1) is 15.1. The predicted octanol–water partition coefficient (Wildman–Crippen LogP) is 0.665. The van der Waals surface area contributed by atoms with Crippen LogP contribution in [0, 0.1) is 0 Å². The summed E-state index contributed by atoms with van der Waals surface area (Å²) in [5, 5.41) is 3.53. The topological polar surface area (TPSA) is 111 Å². The van der Waals surface area contributed by atoms with E-state index in [-0.39, 0.29) is 5.75 Å². The number of nitrogens with one attached hydrogen (secondary N) is 1. The maximum Gasteiger partial charge on any atom is 0.248 e. The molecule has 2 rings (SSSR count).